The van der Waals surface area contributed by atoms with Gasteiger partial charge in [0.2, 0.25) is 5.90 Å². The number of ether oxygens (including phenoxy) is 2. The number of nitrogens with zero attached hydrogens (tertiary/aromatic N) is 4. The molecule has 2 atom stereocenters. The van der Waals surface area contributed by atoms with Gasteiger partial charge < -0.3 is 14.6 Å². The van der Waals surface area contributed by atoms with E-state index in [0.29, 0.717) is 45.6 Å². The van der Waals surface area contributed by atoms with Crippen molar-refractivity contribution in [1.29, 1.82) is 0 Å². The summed E-state index contributed by atoms with van der Waals surface area (Å²) >= 11 is 12.4. The van der Waals surface area contributed by atoms with Crippen LogP contribution < -0.4 is 15.6 Å². The Morgan fingerprint density at radius 3 is 2.57 bits per heavy atom. The van der Waals surface area contributed by atoms with Gasteiger partial charge in [-0.1, -0.05) is 101 Å². The number of halogens is 2. The molecule has 12 heteroatoms. The zero-order valence-corrected chi connectivity index (χ0v) is 26.7. The fourth-order valence-electron chi connectivity index (χ4n) is 5.07. The lowest BCUT2D eigenvalue weighted by Crippen LogP contribution is -2.52. The van der Waals surface area contributed by atoms with Crippen molar-refractivity contribution in [2.24, 2.45) is 10.1 Å². The van der Waals surface area contributed by atoms with Gasteiger partial charge in [0.05, 0.1) is 6.61 Å². The molecule has 0 radical (unpaired) electrons. The van der Waals surface area contributed by atoms with Crippen LogP contribution in [0.15, 0.2) is 113 Å². The SMILES string of the molecule is [N-]=[N+]=Nc1ccccc1[C@@H]1OC(c2ccc(OCCCO)cc2)=N[C@]1(C/C=C/c1ccccc1)C(=O)NNCc1ccc(Cl)cc1Cl. The van der Waals surface area contributed by atoms with Gasteiger partial charge in [0.1, 0.15) is 5.75 Å². The van der Waals surface area contributed by atoms with E-state index >= 15 is 0 Å². The van der Waals surface area contributed by atoms with E-state index in [-0.39, 0.29) is 25.5 Å². The summed E-state index contributed by atoms with van der Waals surface area (Å²) in [6.07, 6.45) is 3.47. The Hall–Kier alpha value is -4.83. The largest absolute Gasteiger partial charge is 0.494 e. The zero-order chi connectivity index (χ0) is 33.1. The number of carbonyl (C=O) groups excluding carboxylic acids is 1. The molecule has 10 nitrogen and oxygen atoms in total. The number of aliphatic imine (C=N–C) groups is 1. The predicted octanol–water partition coefficient (Wildman–Crippen LogP) is 7.88. The summed E-state index contributed by atoms with van der Waals surface area (Å²) in [7, 11) is 0. The molecule has 240 valence electrons. The number of rotatable bonds is 14. The lowest BCUT2D eigenvalue weighted by atomic mass is 9.83. The van der Waals surface area contributed by atoms with Crippen LogP contribution in [0.2, 0.25) is 10.0 Å². The molecule has 1 aliphatic rings. The Labute approximate surface area is 282 Å². The van der Waals surface area contributed by atoms with Crippen LogP contribution in [-0.2, 0) is 16.1 Å². The third-order valence-electron chi connectivity index (χ3n) is 7.44. The Kier molecular flexibility index (Phi) is 11.5. The van der Waals surface area contributed by atoms with E-state index in [1.807, 2.05) is 42.5 Å². The average Bonchev–Trinajstić information content (AvgIpc) is 3.47. The number of azide groups is 1. The topological polar surface area (TPSA) is 141 Å². The van der Waals surface area contributed by atoms with E-state index in [1.54, 1.807) is 66.7 Å². The normalized spacial score (nSPS) is 17.1. The van der Waals surface area contributed by atoms with Crippen molar-refractivity contribution < 1.29 is 19.4 Å². The first-order valence-electron chi connectivity index (χ1n) is 14.9. The van der Waals surface area contributed by atoms with Gasteiger partial charge in [-0.3, -0.25) is 10.2 Å². The molecule has 4 aromatic carbocycles. The molecular weight excluding hydrogens is 639 g/mol. The minimum absolute atomic E-state index is 0.0336. The Bertz CT molecular complexity index is 1800. The maximum atomic E-state index is 14.4. The number of aliphatic hydroxyl groups is 1. The van der Waals surface area contributed by atoms with Crippen LogP contribution in [-0.4, -0.2) is 35.7 Å². The van der Waals surface area contributed by atoms with E-state index in [4.69, 9.17) is 42.8 Å². The second-order valence-electron chi connectivity index (χ2n) is 10.6. The lowest BCUT2D eigenvalue weighted by molar-refractivity contribution is -0.129. The van der Waals surface area contributed by atoms with Crippen molar-refractivity contribution >= 4 is 46.8 Å². The first-order valence-corrected chi connectivity index (χ1v) is 15.6. The molecule has 5 rings (SSSR count). The molecule has 3 N–H and O–H groups in total. The maximum absolute atomic E-state index is 14.4. The van der Waals surface area contributed by atoms with Crippen molar-refractivity contribution in [2.45, 2.75) is 31.0 Å². The van der Waals surface area contributed by atoms with Crippen molar-refractivity contribution in [3.05, 3.63) is 146 Å². The van der Waals surface area contributed by atoms with Gasteiger partial charge in [0, 0.05) is 57.8 Å². The number of benzene rings is 4. The highest BCUT2D eigenvalue weighted by molar-refractivity contribution is 6.35. The van der Waals surface area contributed by atoms with Gasteiger partial charge in [0.15, 0.2) is 11.6 Å². The van der Waals surface area contributed by atoms with Crippen molar-refractivity contribution in [3.63, 3.8) is 0 Å². The maximum Gasteiger partial charge on any atom is 0.266 e. The monoisotopic (exact) mass is 670 g/mol. The first kappa shape index (κ1) is 33.5. The van der Waals surface area contributed by atoms with Crippen molar-refractivity contribution in [1.82, 2.24) is 10.9 Å². The van der Waals surface area contributed by atoms with Gasteiger partial charge in [-0.25, -0.2) is 10.4 Å². The number of nitrogens with one attached hydrogen (secondary N) is 2. The Balaban J connectivity index is 1.54. The van der Waals surface area contributed by atoms with Crippen LogP contribution >= 0.6 is 23.2 Å². The fraction of sp³-hybridized carbons (Fsp3) is 0.200. The van der Waals surface area contributed by atoms with Crippen LogP contribution in [0.3, 0.4) is 0 Å². The second kappa shape index (κ2) is 16.1. The van der Waals surface area contributed by atoms with Gasteiger partial charge in [-0.05, 0) is 53.1 Å². The molecule has 0 fully saturated rings. The zero-order valence-electron chi connectivity index (χ0n) is 25.2. The highest BCUT2D eigenvalue weighted by Crippen LogP contribution is 2.45. The number of carbonyl (C=O) groups is 1. The first-order chi connectivity index (χ1) is 22.9. The predicted molar refractivity (Wildman–Crippen MR) is 184 cm³/mol. The van der Waals surface area contributed by atoms with Crippen LogP contribution in [0.25, 0.3) is 16.5 Å². The minimum Gasteiger partial charge on any atom is -0.494 e. The van der Waals surface area contributed by atoms with Crippen LogP contribution in [0.4, 0.5) is 5.69 Å². The number of aliphatic hydroxyl groups excluding tert-OH is 1. The van der Waals surface area contributed by atoms with Gasteiger partial charge in [-0.15, -0.1) is 0 Å². The summed E-state index contributed by atoms with van der Waals surface area (Å²) in [6.45, 7) is 0.621. The molecule has 47 heavy (non-hydrogen) atoms. The van der Waals surface area contributed by atoms with E-state index in [1.165, 1.54) is 0 Å². The Morgan fingerprint density at radius 1 is 1.06 bits per heavy atom. The average molecular weight is 672 g/mol. The third kappa shape index (κ3) is 8.31. The molecule has 1 amide bonds. The molecule has 0 spiro atoms. The van der Waals surface area contributed by atoms with E-state index < -0.39 is 17.6 Å². The molecule has 1 aliphatic heterocycles. The summed E-state index contributed by atoms with van der Waals surface area (Å²) in [5.74, 6) is 0.377. The summed E-state index contributed by atoms with van der Waals surface area (Å²) < 4.78 is 12.2. The molecule has 0 bridgehead atoms. The highest BCUT2D eigenvalue weighted by atomic mass is 35.5. The standard InChI is InChI=1S/C35H32Cl2N6O4/c36-27-16-13-26(30(37)22-27)23-39-42-34(45)35(19-6-10-24-8-2-1-3-9-24)32(29-11-4-5-12-31(29)41-43-38)47-33(40-35)25-14-17-28(18-15-25)46-21-7-20-44/h1-6,8-18,22,32,39,44H,7,19-21,23H2,(H,42,45)/b10-6+/t32-,35-/m0/s1. The number of hydrogen-bond donors (Lipinski definition) is 3. The van der Waals surface area contributed by atoms with Gasteiger partial charge in [0.25, 0.3) is 5.91 Å². The molecular formula is C35H32Cl2N6O4. The quantitative estimate of drug-likeness (QED) is 0.0411. The molecule has 1 heterocycles. The molecule has 0 unspecified atom stereocenters. The number of hydrazine groups is 1. The summed E-state index contributed by atoms with van der Waals surface area (Å²) in [5.41, 5.74) is 16.7. The summed E-state index contributed by atoms with van der Waals surface area (Å²) in [4.78, 5) is 22.4. The van der Waals surface area contributed by atoms with E-state index in [2.05, 4.69) is 20.9 Å². The highest BCUT2D eigenvalue weighted by Gasteiger charge is 2.53. The summed E-state index contributed by atoms with van der Waals surface area (Å²) in [6, 6.07) is 28.9. The van der Waals surface area contributed by atoms with Crippen molar-refractivity contribution in [2.75, 3.05) is 13.2 Å². The van der Waals surface area contributed by atoms with Crippen LogP contribution in [0, 0.1) is 0 Å². The van der Waals surface area contributed by atoms with Crippen LogP contribution in [0.5, 0.6) is 5.75 Å². The molecule has 0 aromatic heterocycles. The van der Waals surface area contributed by atoms with E-state index in [0.717, 1.165) is 11.1 Å². The van der Waals surface area contributed by atoms with Gasteiger partial charge >= 0.3 is 0 Å². The Morgan fingerprint density at radius 2 is 1.83 bits per heavy atom. The minimum atomic E-state index is -1.53. The number of amides is 1. The second-order valence-corrected chi connectivity index (χ2v) is 11.4. The fourth-order valence-corrected chi connectivity index (χ4v) is 5.55. The molecule has 0 saturated carbocycles. The molecule has 0 aliphatic carbocycles. The lowest BCUT2D eigenvalue weighted by Gasteiger charge is -2.30. The van der Waals surface area contributed by atoms with Crippen molar-refractivity contribution in [3.8, 4) is 5.75 Å². The summed E-state index contributed by atoms with van der Waals surface area (Å²) in [5, 5.41) is 13.9. The molecule has 0 saturated heterocycles. The molecule has 4 aromatic rings. The smallest absolute Gasteiger partial charge is 0.266 e. The number of hydrogen-bond acceptors (Lipinski definition) is 7. The third-order valence-corrected chi connectivity index (χ3v) is 8.02. The van der Waals surface area contributed by atoms with Crippen LogP contribution in [0.1, 0.15) is 41.2 Å². The van der Waals surface area contributed by atoms with E-state index in [9.17, 15) is 10.3 Å². The van der Waals surface area contributed by atoms with Gasteiger partial charge in [-0.2, -0.15) is 0 Å².